The lowest BCUT2D eigenvalue weighted by molar-refractivity contribution is -0.138. The molecule has 0 aliphatic carbocycles. The Morgan fingerprint density at radius 3 is 2.40 bits per heavy atom. The van der Waals surface area contributed by atoms with E-state index in [9.17, 15) is 13.2 Å². The molecule has 2 aromatic rings. The van der Waals surface area contributed by atoms with Crippen molar-refractivity contribution < 1.29 is 17.9 Å². The Kier molecular flexibility index (Phi) is 4.24. The molecule has 0 spiro atoms. The van der Waals surface area contributed by atoms with Crippen LogP contribution in [-0.4, -0.2) is 4.98 Å². The van der Waals surface area contributed by atoms with Gasteiger partial charge in [-0.1, -0.05) is 15.9 Å². The Morgan fingerprint density at radius 2 is 1.80 bits per heavy atom. The first-order chi connectivity index (χ1) is 9.27. The topological polar surface area (TPSA) is 48.1 Å². The number of ether oxygens (including phenoxy) is 1. The van der Waals surface area contributed by atoms with Crippen LogP contribution in [0.15, 0.2) is 39.4 Å². The highest BCUT2D eigenvalue weighted by atomic mass is 79.9. The molecule has 1 aromatic carbocycles. The maximum Gasteiger partial charge on any atom is 0.421 e. The van der Waals surface area contributed by atoms with Crippen molar-refractivity contribution in [3.05, 3.63) is 45.0 Å². The Labute approximate surface area is 129 Å². The summed E-state index contributed by atoms with van der Waals surface area (Å²) in [5.74, 6) is -0.441. The number of pyridine rings is 1. The summed E-state index contributed by atoms with van der Waals surface area (Å²) in [7, 11) is 0. The maximum absolute atomic E-state index is 12.9. The monoisotopic (exact) mass is 410 g/mol. The lowest BCUT2D eigenvalue weighted by Gasteiger charge is -2.14. The first-order valence-electron chi connectivity index (χ1n) is 5.23. The average molecular weight is 412 g/mol. The molecule has 0 fully saturated rings. The number of hydrogen-bond acceptors (Lipinski definition) is 3. The van der Waals surface area contributed by atoms with Gasteiger partial charge < -0.3 is 10.5 Å². The summed E-state index contributed by atoms with van der Waals surface area (Å²) in [6, 6.07) is 5.50. The minimum absolute atomic E-state index is 0.105. The zero-order valence-corrected chi connectivity index (χ0v) is 12.9. The molecule has 1 heterocycles. The molecule has 2 N–H and O–H groups in total. The molecule has 2 rings (SSSR count). The molecular weight excluding hydrogens is 405 g/mol. The molecule has 0 unspecified atom stereocenters. The van der Waals surface area contributed by atoms with E-state index in [2.05, 4.69) is 36.8 Å². The summed E-state index contributed by atoms with van der Waals surface area (Å²) in [6.07, 6.45) is -3.35. The maximum atomic E-state index is 12.9. The van der Waals surface area contributed by atoms with Gasteiger partial charge in [-0.25, -0.2) is 4.98 Å². The van der Waals surface area contributed by atoms with Crippen LogP contribution in [-0.2, 0) is 6.18 Å². The van der Waals surface area contributed by atoms with Crippen LogP contribution >= 0.6 is 31.9 Å². The molecule has 0 amide bonds. The zero-order chi connectivity index (χ0) is 14.9. The van der Waals surface area contributed by atoms with E-state index in [1.54, 1.807) is 6.07 Å². The summed E-state index contributed by atoms with van der Waals surface area (Å²) >= 11 is 6.15. The SMILES string of the molecule is Nc1cc(Br)ccc1Oc1ncc(Br)cc1C(F)(F)F. The minimum atomic E-state index is -4.57. The van der Waals surface area contributed by atoms with Crippen molar-refractivity contribution >= 4 is 37.5 Å². The smallest absolute Gasteiger partial charge is 0.421 e. The third-order valence-electron chi connectivity index (χ3n) is 2.30. The largest absolute Gasteiger partial charge is 0.436 e. The van der Waals surface area contributed by atoms with Gasteiger partial charge in [0.25, 0.3) is 0 Å². The predicted octanol–water partition coefficient (Wildman–Crippen LogP) is 5.00. The fraction of sp³-hybridized carbons (Fsp3) is 0.0833. The molecule has 0 saturated carbocycles. The van der Waals surface area contributed by atoms with Crippen molar-refractivity contribution in [3.63, 3.8) is 0 Å². The summed E-state index contributed by atoms with van der Waals surface area (Å²) in [6.45, 7) is 0. The highest BCUT2D eigenvalue weighted by Crippen LogP contribution is 2.39. The summed E-state index contributed by atoms with van der Waals surface area (Å²) < 4.78 is 44.8. The Balaban J connectivity index is 2.43. The second kappa shape index (κ2) is 5.61. The quantitative estimate of drug-likeness (QED) is 0.707. The summed E-state index contributed by atoms with van der Waals surface area (Å²) in [4.78, 5) is 3.65. The van der Waals surface area contributed by atoms with E-state index in [0.29, 0.717) is 4.47 Å². The molecule has 20 heavy (non-hydrogen) atoms. The van der Waals surface area contributed by atoms with E-state index >= 15 is 0 Å². The van der Waals surface area contributed by atoms with Crippen LogP contribution in [0.4, 0.5) is 18.9 Å². The van der Waals surface area contributed by atoms with Crippen molar-refractivity contribution in [2.45, 2.75) is 6.18 Å². The first-order valence-corrected chi connectivity index (χ1v) is 6.81. The molecule has 0 atom stereocenters. The normalized spacial score (nSPS) is 11.4. The van der Waals surface area contributed by atoms with Crippen molar-refractivity contribution in [2.75, 3.05) is 5.73 Å². The van der Waals surface area contributed by atoms with Gasteiger partial charge >= 0.3 is 6.18 Å². The van der Waals surface area contributed by atoms with Gasteiger partial charge in [-0.2, -0.15) is 13.2 Å². The fourth-order valence-corrected chi connectivity index (χ4v) is 2.14. The number of nitrogen functional groups attached to an aromatic ring is 1. The number of nitrogens with two attached hydrogens (primary N) is 1. The van der Waals surface area contributed by atoms with E-state index < -0.39 is 17.6 Å². The third kappa shape index (κ3) is 3.43. The van der Waals surface area contributed by atoms with Gasteiger partial charge in [-0.3, -0.25) is 0 Å². The Hall–Kier alpha value is -1.28. The van der Waals surface area contributed by atoms with Gasteiger partial charge in [-0.15, -0.1) is 0 Å². The molecular formula is C12H7Br2F3N2O. The number of rotatable bonds is 2. The van der Waals surface area contributed by atoms with Crippen LogP contribution < -0.4 is 10.5 Å². The number of aromatic nitrogens is 1. The number of benzene rings is 1. The molecule has 0 saturated heterocycles. The Morgan fingerprint density at radius 1 is 1.10 bits per heavy atom. The minimum Gasteiger partial charge on any atom is -0.436 e. The number of halogens is 5. The molecule has 0 radical (unpaired) electrons. The van der Waals surface area contributed by atoms with E-state index in [-0.39, 0.29) is 15.9 Å². The van der Waals surface area contributed by atoms with Gasteiger partial charge in [0, 0.05) is 15.1 Å². The van der Waals surface area contributed by atoms with Gasteiger partial charge in [0.2, 0.25) is 5.88 Å². The summed E-state index contributed by atoms with van der Waals surface area (Å²) in [5, 5.41) is 0. The Bertz CT molecular complexity index is 647. The van der Waals surface area contributed by atoms with Gasteiger partial charge in [0.05, 0.1) is 5.69 Å². The highest BCUT2D eigenvalue weighted by Gasteiger charge is 2.36. The predicted molar refractivity (Wildman–Crippen MR) is 75.6 cm³/mol. The highest BCUT2D eigenvalue weighted by molar-refractivity contribution is 9.10. The molecule has 1 aromatic heterocycles. The van der Waals surface area contributed by atoms with Crippen LogP contribution in [0.25, 0.3) is 0 Å². The van der Waals surface area contributed by atoms with E-state index in [1.165, 1.54) is 18.3 Å². The average Bonchev–Trinajstić information content (AvgIpc) is 2.33. The molecule has 0 aliphatic heterocycles. The molecule has 8 heteroatoms. The van der Waals surface area contributed by atoms with Crippen LogP contribution in [0.3, 0.4) is 0 Å². The molecule has 106 valence electrons. The van der Waals surface area contributed by atoms with Crippen LogP contribution in [0.5, 0.6) is 11.6 Å². The van der Waals surface area contributed by atoms with Gasteiger partial charge in [0.15, 0.2) is 5.75 Å². The number of alkyl halides is 3. The lowest BCUT2D eigenvalue weighted by Crippen LogP contribution is -2.08. The third-order valence-corrected chi connectivity index (χ3v) is 3.23. The summed E-state index contributed by atoms with van der Waals surface area (Å²) in [5.41, 5.74) is 4.91. The molecule has 0 bridgehead atoms. The number of nitrogens with zero attached hydrogens (tertiary/aromatic N) is 1. The second-order valence-corrected chi connectivity index (χ2v) is 5.62. The number of hydrogen-bond donors (Lipinski definition) is 1. The van der Waals surface area contributed by atoms with Crippen LogP contribution in [0.1, 0.15) is 5.56 Å². The zero-order valence-electron chi connectivity index (χ0n) is 9.71. The van der Waals surface area contributed by atoms with Crippen LogP contribution in [0, 0.1) is 0 Å². The molecule has 3 nitrogen and oxygen atoms in total. The number of anilines is 1. The second-order valence-electron chi connectivity index (χ2n) is 3.79. The van der Waals surface area contributed by atoms with E-state index in [1.807, 2.05) is 0 Å². The van der Waals surface area contributed by atoms with Crippen LogP contribution in [0.2, 0.25) is 0 Å². The van der Waals surface area contributed by atoms with E-state index in [4.69, 9.17) is 10.5 Å². The van der Waals surface area contributed by atoms with Crippen molar-refractivity contribution in [1.29, 1.82) is 0 Å². The molecule has 0 aliphatic rings. The first kappa shape index (κ1) is 15.1. The van der Waals surface area contributed by atoms with E-state index in [0.717, 1.165) is 6.07 Å². The van der Waals surface area contributed by atoms with Crippen molar-refractivity contribution in [3.8, 4) is 11.6 Å². The van der Waals surface area contributed by atoms with Crippen molar-refractivity contribution in [2.24, 2.45) is 0 Å². The lowest BCUT2D eigenvalue weighted by atomic mass is 10.2. The van der Waals surface area contributed by atoms with Gasteiger partial charge in [-0.05, 0) is 40.2 Å². The van der Waals surface area contributed by atoms with Gasteiger partial charge in [0.1, 0.15) is 5.56 Å². The van der Waals surface area contributed by atoms with Crippen molar-refractivity contribution in [1.82, 2.24) is 4.98 Å². The standard InChI is InChI=1S/C12H7Br2F3N2O/c13-6-1-2-10(9(18)4-6)20-11-8(12(15,16)17)3-7(14)5-19-11/h1-5H,18H2. The fourth-order valence-electron chi connectivity index (χ4n) is 1.43.